The first-order chi connectivity index (χ1) is 12.5. The third kappa shape index (κ3) is 11.5. The van der Waals surface area contributed by atoms with Crippen LogP contribution in [-0.2, 0) is 25.7 Å². The Balaban J connectivity index is 1.97. The van der Waals surface area contributed by atoms with Crippen molar-refractivity contribution in [3.63, 3.8) is 0 Å². The summed E-state index contributed by atoms with van der Waals surface area (Å²) in [5.41, 5.74) is 0.700. The minimum atomic E-state index is -0.246. The third-order valence-corrected chi connectivity index (χ3v) is 3.61. The van der Waals surface area contributed by atoms with Crippen LogP contribution >= 0.6 is 0 Å². The van der Waals surface area contributed by atoms with E-state index in [0.29, 0.717) is 50.8 Å². The van der Waals surface area contributed by atoms with E-state index in [1.807, 2.05) is 6.92 Å². The van der Waals surface area contributed by atoms with Crippen molar-refractivity contribution in [2.24, 2.45) is 5.92 Å². The Morgan fingerprint density at radius 3 is 2.65 bits per heavy atom. The summed E-state index contributed by atoms with van der Waals surface area (Å²) in [6.45, 7) is 7.99. The molecule has 9 nitrogen and oxygen atoms in total. The van der Waals surface area contributed by atoms with Gasteiger partial charge in [0.05, 0.1) is 32.1 Å². The van der Waals surface area contributed by atoms with Gasteiger partial charge in [-0.05, 0) is 25.7 Å². The molecule has 1 rings (SSSR count). The topological polar surface area (TPSA) is 118 Å². The second-order valence-electron chi connectivity index (χ2n) is 6.54. The molecule has 1 unspecified atom stereocenters. The monoisotopic (exact) mass is 369 g/mol. The molecular weight excluding hydrogens is 338 g/mol. The fourth-order valence-corrected chi connectivity index (χ4v) is 1.99. The van der Waals surface area contributed by atoms with Gasteiger partial charge in [0.15, 0.2) is 0 Å². The first-order valence-corrected chi connectivity index (χ1v) is 9.04. The molecule has 0 saturated carbocycles. The van der Waals surface area contributed by atoms with Gasteiger partial charge >= 0.3 is 0 Å². The van der Waals surface area contributed by atoms with Crippen molar-refractivity contribution in [2.45, 2.75) is 52.7 Å². The molecule has 0 fully saturated rings. The highest BCUT2D eigenvalue weighted by molar-refractivity contribution is 5.84. The number of carbonyl (C=O) groups excluding carboxylic acids is 2. The minimum absolute atomic E-state index is 0.0370. The number of aromatic amines is 1. The fraction of sp³-hybridized carbons (Fsp3) is 0.765. The molecule has 1 atom stereocenters. The molecular formula is C17H31N5O4. The zero-order valence-corrected chi connectivity index (χ0v) is 15.9. The first-order valence-electron chi connectivity index (χ1n) is 9.04. The maximum atomic E-state index is 11.8. The Morgan fingerprint density at radius 1 is 1.15 bits per heavy atom. The summed E-state index contributed by atoms with van der Waals surface area (Å²) in [4.78, 5) is 23.4. The predicted molar refractivity (Wildman–Crippen MR) is 96.2 cm³/mol. The molecule has 1 heterocycles. The molecule has 2 amide bonds. The molecule has 0 radical (unpaired) electrons. The Morgan fingerprint density at radius 2 is 1.96 bits per heavy atom. The Hall–Kier alpha value is -2.00. The zero-order chi connectivity index (χ0) is 19.2. The summed E-state index contributed by atoms with van der Waals surface area (Å²) >= 11 is 0. The maximum absolute atomic E-state index is 11.8. The van der Waals surface area contributed by atoms with Crippen molar-refractivity contribution in [1.82, 2.24) is 26.0 Å². The van der Waals surface area contributed by atoms with E-state index in [1.165, 1.54) is 0 Å². The smallest absolute Gasteiger partial charge is 0.239 e. The van der Waals surface area contributed by atoms with Crippen LogP contribution in [0.15, 0.2) is 6.20 Å². The predicted octanol–water partition coefficient (Wildman–Crippen LogP) is 0.785. The van der Waals surface area contributed by atoms with Crippen molar-refractivity contribution >= 4 is 11.8 Å². The lowest BCUT2D eigenvalue weighted by Crippen LogP contribution is -2.38. The van der Waals surface area contributed by atoms with E-state index in [0.717, 1.165) is 6.42 Å². The molecule has 1 aromatic heterocycles. The molecule has 0 aliphatic heterocycles. The van der Waals surface area contributed by atoms with Gasteiger partial charge in [0.2, 0.25) is 11.8 Å². The number of amides is 2. The Bertz CT molecular complexity index is 507. The van der Waals surface area contributed by atoms with E-state index in [9.17, 15) is 9.59 Å². The van der Waals surface area contributed by atoms with Crippen molar-refractivity contribution in [3.8, 4) is 0 Å². The lowest BCUT2D eigenvalue weighted by atomic mass is 10.1. The lowest BCUT2D eigenvalue weighted by molar-refractivity contribution is -0.126. The standard InChI is InChI=1S/C17H31N5O4/c1-13(2)6-8-26-14(3)4-5-16(23)19-11-17(24)18-7-9-25-12-15-10-20-22-21-15/h10,13-14H,4-9,11-12H2,1-3H3,(H,18,24)(H,19,23)(H,20,21,22). The van der Waals surface area contributed by atoms with Gasteiger partial charge < -0.3 is 20.1 Å². The van der Waals surface area contributed by atoms with Gasteiger partial charge in [-0.25, -0.2) is 0 Å². The molecule has 0 saturated heterocycles. The molecule has 1 aromatic rings. The highest BCUT2D eigenvalue weighted by atomic mass is 16.5. The van der Waals surface area contributed by atoms with Gasteiger partial charge in [0, 0.05) is 19.6 Å². The van der Waals surface area contributed by atoms with Crippen LogP contribution in [0, 0.1) is 5.92 Å². The van der Waals surface area contributed by atoms with Gasteiger partial charge in [-0.15, -0.1) is 0 Å². The normalized spacial score (nSPS) is 12.2. The molecule has 0 aromatic carbocycles. The molecule has 0 spiro atoms. The Labute approximate surface area is 154 Å². The lowest BCUT2D eigenvalue weighted by Gasteiger charge is -2.14. The molecule has 0 aliphatic rings. The van der Waals surface area contributed by atoms with Crippen LogP contribution in [0.4, 0.5) is 0 Å². The molecule has 26 heavy (non-hydrogen) atoms. The van der Waals surface area contributed by atoms with E-state index in [4.69, 9.17) is 9.47 Å². The van der Waals surface area contributed by atoms with E-state index in [-0.39, 0.29) is 24.5 Å². The number of carbonyl (C=O) groups is 2. The van der Waals surface area contributed by atoms with Gasteiger partial charge in [-0.3, -0.25) is 9.59 Å². The van der Waals surface area contributed by atoms with Gasteiger partial charge in [0.1, 0.15) is 5.69 Å². The molecule has 148 valence electrons. The number of rotatable bonds is 14. The summed E-state index contributed by atoms with van der Waals surface area (Å²) < 4.78 is 11.0. The second kappa shape index (κ2) is 13.2. The zero-order valence-electron chi connectivity index (χ0n) is 15.9. The number of hydrogen-bond donors (Lipinski definition) is 3. The number of H-pyrrole nitrogens is 1. The van der Waals surface area contributed by atoms with E-state index in [1.54, 1.807) is 6.20 Å². The highest BCUT2D eigenvalue weighted by Crippen LogP contribution is 2.05. The van der Waals surface area contributed by atoms with Crippen LogP contribution in [0.5, 0.6) is 0 Å². The van der Waals surface area contributed by atoms with Gasteiger partial charge in [-0.2, -0.15) is 15.4 Å². The largest absolute Gasteiger partial charge is 0.378 e. The van der Waals surface area contributed by atoms with Crippen molar-refractivity contribution in [3.05, 3.63) is 11.9 Å². The molecule has 0 bridgehead atoms. The Kier molecular flexibility index (Phi) is 11.2. The van der Waals surface area contributed by atoms with Crippen molar-refractivity contribution in [1.29, 1.82) is 0 Å². The van der Waals surface area contributed by atoms with Crippen LogP contribution in [0.3, 0.4) is 0 Å². The number of hydrogen-bond acceptors (Lipinski definition) is 6. The van der Waals surface area contributed by atoms with Gasteiger partial charge in [-0.1, -0.05) is 13.8 Å². The van der Waals surface area contributed by atoms with E-state index >= 15 is 0 Å². The first kappa shape index (κ1) is 22.0. The molecule has 9 heteroatoms. The molecule has 0 aliphatic carbocycles. The van der Waals surface area contributed by atoms with Gasteiger partial charge in [0.25, 0.3) is 0 Å². The van der Waals surface area contributed by atoms with Crippen LogP contribution in [0.25, 0.3) is 0 Å². The average molecular weight is 369 g/mol. The number of nitrogens with one attached hydrogen (secondary N) is 3. The summed E-state index contributed by atoms with van der Waals surface area (Å²) in [5.74, 6) is 0.211. The highest BCUT2D eigenvalue weighted by Gasteiger charge is 2.09. The minimum Gasteiger partial charge on any atom is -0.378 e. The summed E-state index contributed by atoms with van der Waals surface area (Å²) in [6, 6.07) is 0. The summed E-state index contributed by atoms with van der Waals surface area (Å²) in [7, 11) is 0. The number of aromatic nitrogens is 3. The van der Waals surface area contributed by atoms with Crippen molar-refractivity contribution < 1.29 is 19.1 Å². The van der Waals surface area contributed by atoms with Crippen LogP contribution in [0.2, 0.25) is 0 Å². The van der Waals surface area contributed by atoms with Crippen molar-refractivity contribution in [2.75, 3.05) is 26.3 Å². The third-order valence-electron chi connectivity index (χ3n) is 3.61. The molecule has 3 N–H and O–H groups in total. The summed E-state index contributed by atoms with van der Waals surface area (Å²) in [6.07, 6.45) is 3.61. The van der Waals surface area contributed by atoms with Crippen LogP contribution in [-0.4, -0.2) is 59.6 Å². The average Bonchev–Trinajstić information content (AvgIpc) is 3.11. The van der Waals surface area contributed by atoms with Crippen LogP contribution in [0.1, 0.15) is 45.7 Å². The van der Waals surface area contributed by atoms with Crippen LogP contribution < -0.4 is 10.6 Å². The van der Waals surface area contributed by atoms with E-state index < -0.39 is 0 Å². The van der Waals surface area contributed by atoms with E-state index in [2.05, 4.69) is 39.9 Å². The second-order valence-corrected chi connectivity index (χ2v) is 6.54. The SMILES string of the molecule is CC(C)CCOC(C)CCC(=O)NCC(=O)NCCOCc1cn[nH]n1. The quantitative estimate of drug-likeness (QED) is 0.417. The maximum Gasteiger partial charge on any atom is 0.239 e. The number of ether oxygens (including phenoxy) is 2. The number of nitrogens with zero attached hydrogens (tertiary/aromatic N) is 2. The summed E-state index contributed by atoms with van der Waals surface area (Å²) in [5, 5.41) is 15.3. The fourth-order valence-electron chi connectivity index (χ4n) is 1.99.